The maximum Gasteiger partial charge on any atom is 0.272 e. The van der Waals surface area contributed by atoms with Crippen molar-refractivity contribution in [1.29, 1.82) is 0 Å². The molecule has 0 aliphatic rings. The van der Waals surface area contributed by atoms with Crippen molar-refractivity contribution in [2.45, 2.75) is 34.2 Å². The quantitative estimate of drug-likeness (QED) is 0.795. The standard InChI is InChI=1S/C20H23N3O2/c1-6-23-8-7-16-15(20(23)25)11-17(22(16)5)19(24)21-18-13(3)9-12(2)10-14(18)4/h7-11H,6H2,1-5H3,(H,21,24). The zero-order chi connectivity index (χ0) is 18.3. The number of aryl methyl sites for hydroxylation is 5. The molecule has 0 aliphatic heterocycles. The topological polar surface area (TPSA) is 56.0 Å². The molecule has 1 amide bonds. The highest BCUT2D eigenvalue weighted by Crippen LogP contribution is 2.23. The van der Waals surface area contributed by atoms with Crippen molar-refractivity contribution in [2.75, 3.05) is 5.32 Å². The molecule has 0 unspecified atom stereocenters. The lowest BCUT2D eigenvalue weighted by Gasteiger charge is -2.13. The van der Waals surface area contributed by atoms with Crippen LogP contribution in [0.5, 0.6) is 0 Å². The summed E-state index contributed by atoms with van der Waals surface area (Å²) in [5, 5.41) is 3.57. The monoisotopic (exact) mass is 337 g/mol. The van der Waals surface area contributed by atoms with Gasteiger partial charge in [-0.05, 0) is 51.0 Å². The van der Waals surface area contributed by atoms with Gasteiger partial charge in [0.15, 0.2) is 0 Å². The Morgan fingerprint density at radius 1 is 1.12 bits per heavy atom. The van der Waals surface area contributed by atoms with Crippen LogP contribution in [0.15, 0.2) is 35.3 Å². The molecule has 3 aromatic rings. The number of fused-ring (bicyclic) bond motifs is 1. The molecule has 130 valence electrons. The molecule has 0 radical (unpaired) electrons. The molecule has 3 rings (SSSR count). The van der Waals surface area contributed by atoms with Gasteiger partial charge in [0.05, 0.1) is 10.9 Å². The van der Waals surface area contributed by atoms with Crippen molar-refractivity contribution in [2.24, 2.45) is 7.05 Å². The van der Waals surface area contributed by atoms with Crippen molar-refractivity contribution in [3.05, 3.63) is 63.2 Å². The molecule has 25 heavy (non-hydrogen) atoms. The first kappa shape index (κ1) is 17.0. The van der Waals surface area contributed by atoms with E-state index in [9.17, 15) is 9.59 Å². The number of carbonyl (C=O) groups is 1. The molecular weight excluding hydrogens is 314 g/mol. The fraction of sp³-hybridized carbons (Fsp3) is 0.300. The Kier molecular flexibility index (Phi) is 4.25. The summed E-state index contributed by atoms with van der Waals surface area (Å²) in [5.74, 6) is -0.212. The minimum absolute atomic E-state index is 0.0719. The molecule has 0 aliphatic carbocycles. The summed E-state index contributed by atoms with van der Waals surface area (Å²) < 4.78 is 3.41. The van der Waals surface area contributed by atoms with E-state index in [4.69, 9.17) is 0 Å². The largest absolute Gasteiger partial charge is 0.339 e. The Labute approximate surface area is 146 Å². The lowest BCUT2D eigenvalue weighted by atomic mass is 10.1. The Morgan fingerprint density at radius 2 is 1.76 bits per heavy atom. The highest BCUT2D eigenvalue weighted by molar-refractivity contribution is 6.07. The second-order valence-electron chi connectivity index (χ2n) is 6.52. The molecule has 0 fully saturated rings. The van der Waals surface area contributed by atoms with Gasteiger partial charge in [-0.15, -0.1) is 0 Å². The van der Waals surface area contributed by atoms with Gasteiger partial charge in [0, 0.05) is 25.5 Å². The number of carbonyl (C=O) groups excluding carboxylic acids is 1. The van der Waals surface area contributed by atoms with E-state index < -0.39 is 0 Å². The number of hydrogen-bond acceptors (Lipinski definition) is 2. The summed E-state index contributed by atoms with van der Waals surface area (Å²) >= 11 is 0. The van der Waals surface area contributed by atoms with Crippen LogP contribution < -0.4 is 10.9 Å². The second-order valence-corrected chi connectivity index (χ2v) is 6.52. The zero-order valence-electron chi connectivity index (χ0n) is 15.3. The molecule has 5 heteroatoms. The maximum atomic E-state index is 12.8. The summed E-state index contributed by atoms with van der Waals surface area (Å²) in [7, 11) is 1.81. The van der Waals surface area contributed by atoms with E-state index in [1.165, 1.54) is 0 Å². The predicted molar refractivity (Wildman–Crippen MR) is 101 cm³/mol. The molecular formula is C20H23N3O2. The summed E-state index contributed by atoms with van der Waals surface area (Å²) in [6.07, 6.45) is 1.76. The van der Waals surface area contributed by atoms with Gasteiger partial charge in [0.1, 0.15) is 5.69 Å². The van der Waals surface area contributed by atoms with E-state index in [0.717, 1.165) is 27.9 Å². The van der Waals surface area contributed by atoms with Gasteiger partial charge in [-0.25, -0.2) is 0 Å². The second kappa shape index (κ2) is 6.24. The molecule has 0 spiro atoms. The van der Waals surface area contributed by atoms with Crippen molar-refractivity contribution < 1.29 is 4.79 Å². The minimum Gasteiger partial charge on any atom is -0.339 e. The number of nitrogens with one attached hydrogen (secondary N) is 1. The lowest BCUT2D eigenvalue weighted by molar-refractivity contribution is 0.101. The van der Waals surface area contributed by atoms with Gasteiger partial charge in [-0.2, -0.15) is 0 Å². The van der Waals surface area contributed by atoms with Gasteiger partial charge in [0.25, 0.3) is 11.5 Å². The number of amides is 1. The van der Waals surface area contributed by atoms with E-state index in [2.05, 4.69) is 5.32 Å². The van der Waals surface area contributed by atoms with Gasteiger partial charge in [-0.3, -0.25) is 9.59 Å². The van der Waals surface area contributed by atoms with Crippen molar-refractivity contribution >= 4 is 22.5 Å². The van der Waals surface area contributed by atoms with Crippen LogP contribution in [0, 0.1) is 20.8 Å². The number of hydrogen-bond donors (Lipinski definition) is 1. The third-order valence-corrected chi connectivity index (χ3v) is 4.67. The summed E-state index contributed by atoms with van der Waals surface area (Å²) in [6, 6.07) is 7.64. The van der Waals surface area contributed by atoms with Crippen LogP contribution in [-0.4, -0.2) is 15.0 Å². The summed E-state index contributed by atoms with van der Waals surface area (Å²) in [6.45, 7) is 8.53. The van der Waals surface area contributed by atoms with Crippen molar-refractivity contribution in [3.8, 4) is 0 Å². The fourth-order valence-corrected chi connectivity index (χ4v) is 3.40. The molecule has 0 atom stereocenters. The van der Waals surface area contributed by atoms with Crippen LogP contribution in [-0.2, 0) is 13.6 Å². The summed E-state index contributed by atoms with van der Waals surface area (Å²) in [5.41, 5.74) is 5.20. The minimum atomic E-state index is -0.212. The smallest absolute Gasteiger partial charge is 0.272 e. The molecule has 0 saturated heterocycles. The van der Waals surface area contributed by atoms with Crippen molar-refractivity contribution in [3.63, 3.8) is 0 Å². The first-order valence-electron chi connectivity index (χ1n) is 8.41. The third kappa shape index (κ3) is 2.86. The summed E-state index contributed by atoms with van der Waals surface area (Å²) in [4.78, 5) is 25.3. The van der Waals surface area contributed by atoms with Crippen LogP contribution >= 0.6 is 0 Å². The van der Waals surface area contributed by atoms with Crippen LogP contribution in [0.1, 0.15) is 34.1 Å². The average molecular weight is 337 g/mol. The van der Waals surface area contributed by atoms with Crippen molar-refractivity contribution in [1.82, 2.24) is 9.13 Å². The van der Waals surface area contributed by atoms with Crippen LogP contribution in [0.3, 0.4) is 0 Å². The van der Waals surface area contributed by atoms with Gasteiger partial charge in [0.2, 0.25) is 0 Å². The predicted octanol–water partition coefficient (Wildman–Crippen LogP) is 3.54. The van der Waals surface area contributed by atoms with Gasteiger partial charge < -0.3 is 14.5 Å². The van der Waals surface area contributed by atoms with E-state index in [-0.39, 0.29) is 11.5 Å². The highest BCUT2D eigenvalue weighted by Gasteiger charge is 2.17. The Bertz CT molecular complexity index is 1020. The van der Waals surface area contributed by atoms with Crippen LogP contribution in [0.2, 0.25) is 0 Å². The maximum absolute atomic E-state index is 12.8. The number of anilines is 1. The van der Waals surface area contributed by atoms with Crippen LogP contribution in [0.25, 0.3) is 10.9 Å². The van der Waals surface area contributed by atoms with E-state index in [1.807, 2.05) is 52.9 Å². The molecule has 0 bridgehead atoms. The average Bonchev–Trinajstić information content (AvgIpc) is 2.89. The van der Waals surface area contributed by atoms with Crippen LogP contribution in [0.4, 0.5) is 5.69 Å². The number of nitrogens with zero attached hydrogens (tertiary/aromatic N) is 2. The van der Waals surface area contributed by atoms with E-state index in [1.54, 1.807) is 21.4 Å². The van der Waals surface area contributed by atoms with E-state index >= 15 is 0 Å². The molecule has 5 nitrogen and oxygen atoms in total. The Morgan fingerprint density at radius 3 is 2.36 bits per heavy atom. The molecule has 1 N–H and O–H groups in total. The first-order valence-corrected chi connectivity index (χ1v) is 8.41. The molecule has 2 aromatic heterocycles. The lowest BCUT2D eigenvalue weighted by Crippen LogP contribution is -2.17. The van der Waals surface area contributed by atoms with E-state index in [0.29, 0.717) is 17.6 Å². The fourth-order valence-electron chi connectivity index (χ4n) is 3.40. The van der Waals surface area contributed by atoms with Gasteiger partial charge in [-0.1, -0.05) is 17.7 Å². The SMILES string of the molecule is CCn1ccc2c(cc(C(=O)Nc3c(C)cc(C)cc3C)n2C)c1=O. The molecule has 1 aromatic carbocycles. The first-order chi connectivity index (χ1) is 11.8. The number of pyridine rings is 1. The highest BCUT2D eigenvalue weighted by atomic mass is 16.2. The number of benzene rings is 1. The normalized spacial score (nSPS) is 11.1. The Balaban J connectivity index is 2.05. The van der Waals surface area contributed by atoms with Gasteiger partial charge >= 0.3 is 0 Å². The Hall–Kier alpha value is -2.82. The molecule has 0 saturated carbocycles. The number of aromatic nitrogens is 2. The third-order valence-electron chi connectivity index (χ3n) is 4.67. The number of rotatable bonds is 3. The molecule has 2 heterocycles. The zero-order valence-corrected chi connectivity index (χ0v) is 15.3.